The summed E-state index contributed by atoms with van der Waals surface area (Å²) in [5.74, 6) is 1.70. The van der Waals surface area contributed by atoms with Gasteiger partial charge in [-0.2, -0.15) is 5.10 Å². The number of rotatable bonds is 7. The van der Waals surface area contributed by atoms with Crippen molar-refractivity contribution < 1.29 is 4.74 Å². The highest BCUT2D eigenvalue weighted by Crippen LogP contribution is 2.18. The van der Waals surface area contributed by atoms with Crippen molar-refractivity contribution in [3.8, 4) is 5.75 Å². The molecule has 0 aliphatic rings. The van der Waals surface area contributed by atoms with E-state index in [0.717, 1.165) is 35.7 Å². The van der Waals surface area contributed by atoms with Crippen molar-refractivity contribution in [2.75, 3.05) is 6.61 Å². The number of hydrogen-bond donors (Lipinski definition) is 1. The Morgan fingerprint density at radius 2 is 2.00 bits per heavy atom. The Balaban J connectivity index is 1.89. The lowest BCUT2D eigenvalue weighted by Crippen LogP contribution is -2.06. The van der Waals surface area contributed by atoms with E-state index in [2.05, 4.69) is 29.3 Å². The SMILES string of the molecule is CCCOc1ccc(C=NN=C(N)SCc2ccccc2)cc1C. The van der Waals surface area contributed by atoms with Crippen molar-refractivity contribution in [1.82, 2.24) is 0 Å². The molecule has 0 fully saturated rings. The molecule has 0 spiro atoms. The standard InChI is InChI=1S/C19H23N3OS/c1-3-11-23-18-10-9-17(12-15(18)2)13-21-22-19(20)24-14-16-7-5-4-6-8-16/h4-10,12-13H,3,11,14H2,1-2H3,(H2,20,22). The van der Waals surface area contributed by atoms with Gasteiger partial charge in [-0.3, -0.25) is 0 Å². The van der Waals surface area contributed by atoms with E-state index >= 15 is 0 Å². The van der Waals surface area contributed by atoms with Crippen LogP contribution in [0.1, 0.15) is 30.0 Å². The largest absolute Gasteiger partial charge is 0.493 e. The predicted octanol–water partition coefficient (Wildman–Crippen LogP) is 4.37. The number of thioether (sulfide) groups is 1. The molecule has 5 heteroatoms. The van der Waals surface area contributed by atoms with E-state index in [1.54, 1.807) is 6.21 Å². The summed E-state index contributed by atoms with van der Waals surface area (Å²) in [5.41, 5.74) is 9.14. The van der Waals surface area contributed by atoms with E-state index in [-0.39, 0.29) is 0 Å². The summed E-state index contributed by atoms with van der Waals surface area (Å²) in [4.78, 5) is 0. The second-order valence-electron chi connectivity index (χ2n) is 5.33. The number of hydrogen-bond acceptors (Lipinski definition) is 4. The Labute approximate surface area is 147 Å². The lowest BCUT2D eigenvalue weighted by atomic mass is 10.1. The fraction of sp³-hybridized carbons (Fsp3) is 0.263. The van der Waals surface area contributed by atoms with Crippen LogP contribution in [0.15, 0.2) is 58.7 Å². The fourth-order valence-corrected chi connectivity index (χ4v) is 2.65. The van der Waals surface area contributed by atoms with Crippen molar-refractivity contribution in [2.24, 2.45) is 15.9 Å². The smallest absolute Gasteiger partial charge is 0.180 e. The fourth-order valence-electron chi connectivity index (χ4n) is 2.04. The molecular weight excluding hydrogens is 318 g/mol. The molecule has 2 N–H and O–H groups in total. The Hall–Kier alpha value is -2.27. The van der Waals surface area contributed by atoms with E-state index in [0.29, 0.717) is 5.17 Å². The third-order valence-electron chi connectivity index (χ3n) is 3.25. The van der Waals surface area contributed by atoms with Crippen LogP contribution in [-0.2, 0) is 5.75 Å². The molecule has 4 nitrogen and oxygen atoms in total. The molecule has 0 saturated carbocycles. The van der Waals surface area contributed by atoms with E-state index in [4.69, 9.17) is 10.5 Å². The van der Waals surface area contributed by atoms with Gasteiger partial charge in [-0.05, 0) is 48.2 Å². The number of benzene rings is 2. The first kappa shape index (κ1) is 18.1. The van der Waals surface area contributed by atoms with E-state index in [9.17, 15) is 0 Å². The van der Waals surface area contributed by atoms with Gasteiger partial charge in [-0.25, -0.2) is 0 Å². The van der Waals surface area contributed by atoms with Crippen LogP contribution >= 0.6 is 11.8 Å². The average molecular weight is 341 g/mol. The van der Waals surface area contributed by atoms with Gasteiger partial charge in [0.2, 0.25) is 0 Å². The average Bonchev–Trinajstić information content (AvgIpc) is 2.60. The summed E-state index contributed by atoms with van der Waals surface area (Å²) < 4.78 is 5.66. The zero-order valence-electron chi connectivity index (χ0n) is 14.1. The normalized spacial score (nSPS) is 11.8. The molecule has 24 heavy (non-hydrogen) atoms. The van der Waals surface area contributed by atoms with Crippen molar-refractivity contribution in [3.05, 3.63) is 65.2 Å². The Kier molecular flexibility index (Phi) is 7.36. The summed E-state index contributed by atoms with van der Waals surface area (Å²) in [6.07, 6.45) is 2.70. The molecular formula is C19H23N3OS. The molecule has 0 aliphatic carbocycles. The minimum absolute atomic E-state index is 0.453. The van der Waals surface area contributed by atoms with E-state index in [1.807, 2.05) is 43.3 Å². The first-order chi connectivity index (χ1) is 11.7. The second kappa shape index (κ2) is 9.78. The molecule has 0 bridgehead atoms. The van der Waals surface area contributed by atoms with Crippen LogP contribution in [0.2, 0.25) is 0 Å². The highest BCUT2D eigenvalue weighted by atomic mass is 32.2. The van der Waals surface area contributed by atoms with Crippen LogP contribution in [0, 0.1) is 6.92 Å². The van der Waals surface area contributed by atoms with E-state index in [1.165, 1.54) is 17.3 Å². The minimum Gasteiger partial charge on any atom is -0.493 e. The number of ether oxygens (including phenoxy) is 1. The van der Waals surface area contributed by atoms with Crippen LogP contribution in [0.5, 0.6) is 5.75 Å². The molecule has 0 atom stereocenters. The van der Waals surface area contributed by atoms with Crippen molar-refractivity contribution >= 4 is 23.1 Å². The van der Waals surface area contributed by atoms with Crippen LogP contribution in [0.25, 0.3) is 0 Å². The maximum atomic E-state index is 5.87. The molecule has 0 aromatic heterocycles. The first-order valence-electron chi connectivity index (χ1n) is 7.95. The Bertz CT molecular complexity index is 699. The van der Waals surface area contributed by atoms with Crippen molar-refractivity contribution in [2.45, 2.75) is 26.0 Å². The van der Waals surface area contributed by atoms with Gasteiger partial charge < -0.3 is 10.5 Å². The van der Waals surface area contributed by atoms with Crippen LogP contribution in [0.3, 0.4) is 0 Å². The van der Waals surface area contributed by atoms with Gasteiger partial charge in [-0.15, -0.1) is 5.10 Å². The van der Waals surface area contributed by atoms with Gasteiger partial charge in [0.1, 0.15) is 5.75 Å². The second-order valence-corrected chi connectivity index (χ2v) is 6.33. The van der Waals surface area contributed by atoms with E-state index < -0.39 is 0 Å². The minimum atomic E-state index is 0.453. The van der Waals surface area contributed by atoms with Crippen molar-refractivity contribution in [1.29, 1.82) is 0 Å². The topological polar surface area (TPSA) is 60.0 Å². The summed E-state index contributed by atoms with van der Waals surface area (Å²) >= 11 is 1.47. The lowest BCUT2D eigenvalue weighted by Gasteiger charge is -2.08. The molecule has 0 radical (unpaired) electrons. The van der Waals surface area contributed by atoms with Gasteiger partial charge in [-0.1, -0.05) is 49.0 Å². The third-order valence-corrected chi connectivity index (χ3v) is 4.11. The molecule has 2 rings (SSSR count). The molecule has 0 aliphatic heterocycles. The number of amidine groups is 1. The van der Waals surface area contributed by atoms with Crippen molar-refractivity contribution in [3.63, 3.8) is 0 Å². The molecule has 126 valence electrons. The third kappa shape index (κ3) is 6.08. The summed E-state index contributed by atoms with van der Waals surface area (Å²) in [5, 5.41) is 8.55. The monoisotopic (exact) mass is 341 g/mol. The number of aryl methyl sites for hydroxylation is 1. The number of nitrogens with two attached hydrogens (primary N) is 1. The number of nitrogens with zero attached hydrogens (tertiary/aromatic N) is 2. The van der Waals surface area contributed by atoms with Gasteiger partial charge in [0.15, 0.2) is 5.17 Å². The van der Waals surface area contributed by atoms with Gasteiger partial charge >= 0.3 is 0 Å². The van der Waals surface area contributed by atoms with Crippen LogP contribution in [-0.4, -0.2) is 18.0 Å². The summed E-state index contributed by atoms with van der Waals surface area (Å²) in [7, 11) is 0. The summed E-state index contributed by atoms with van der Waals surface area (Å²) in [6.45, 7) is 4.85. The predicted molar refractivity (Wildman–Crippen MR) is 104 cm³/mol. The first-order valence-corrected chi connectivity index (χ1v) is 8.94. The molecule has 0 heterocycles. The highest BCUT2D eigenvalue weighted by molar-refractivity contribution is 8.13. The zero-order valence-corrected chi connectivity index (χ0v) is 14.9. The highest BCUT2D eigenvalue weighted by Gasteiger charge is 2.00. The quantitative estimate of drug-likeness (QED) is 0.462. The maximum Gasteiger partial charge on any atom is 0.180 e. The molecule has 0 saturated heterocycles. The Morgan fingerprint density at radius 3 is 2.71 bits per heavy atom. The zero-order chi connectivity index (χ0) is 17.2. The maximum absolute atomic E-state index is 5.87. The van der Waals surface area contributed by atoms with Gasteiger partial charge in [0.05, 0.1) is 12.8 Å². The summed E-state index contributed by atoms with van der Waals surface area (Å²) in [6, 6.07) is 16.1. The van der Waals surface area contributed by atoms with Crippen LogP contribution in [0.4, 0.5) is 0 Å². The molecule has 2 aromatic carbocycles. The Morgan fingerprint density at radius 1 is 1.21 bits per heavy atom. The van der Waals surface area contributed by atoms with Crippen LogP contribution < -0.4 is 10.5 Å². The molecule has 0 amide bonds. The van der Waals surface area contributed by atoms with Gasteiger partial charge in [0.25, 0.3) is 0 Å². The molecule has 2 aromatic rings. The lowest BCUT2D eigenvalue weighted by molar-refractivity contribution is 0.315. The molecule has 0 unspecified atom stereocenters. The van der Waals surface area contributed by atoms with Gasteiger partial charge in [0, 0.05) is 5.75 Å².